The summed E-state index contributed by atoms with van der Waals surface area (Å²) in [5.41, 5.74) is 1.89. The smallest absolute Gasteiger partial charge is 0.316 e. The van der Waals surface area contributed by atoms with Crippen LogP contribution in [-0.2, 0) is 6.54 Å². The van der Waals surface area contributed by atoms with Gasteiger partial charge in [0.05, 0.1) is 0 Å². The van der Waals surface area contributed by atoms with Gasteiger partial charge in [-0.3, -0.25) is 0 Å². The van der Waals surface area contributed by atoms with Gasteiger partial charge in [0.25, 0.3) is 0 Å². The highest BCUT2D eigenvalue weighted by molar-refractivity contribution is 5.89. The molecule has 0 fully saturated rings. The fraction of sp³-hybridized carbons (Fsp3) is 0.118. The van der Waals surface area contributed by atoms with Crippen LogP contribution in [0.15, 0.2) is 73.3 Å². The van der Waals surface area contributed by atoms with Crippen LogP contribution in [0.5, 0.6) is 0 Å². The maximum absolute atomic E-state index is 12.3. The normalized spacial score (nSPS) is 9.80. The largest absolute Gasteiger partial charge is 0.322 e. The van der Waals surface area contributed by atoms with Gasteiger partial charge in [0.15, 0.2) is 0 Å². The summed E-state index contributed by atoms with van der Waals surface area (Å²) in [5, 5.41) is 2.89. The average Bonchev–Trinajstić information content (AvgIpc) is 2.49. The van der Waals surface area contributed by atoms with Gasteiger partial charge in [-0.05, 0) is 17.7 Å². The second kappa shape index (κ2) is 7.14. The molecule has 3 nitrogen and oxygen atoms in total. The number of nitrogens with one attached hydrogen (secondary N) is 1. The van der Waals surface area contributed by atoms with Gasteiger partial charge in [-0.25, -0.2) is 4.79 Å². The van der Waals surface area contributed by atoms with Gasteiger partial charge in [0, 0.05) is 18.8 Å². The lowest BCUT2D eigenvalue weighted by atomic mass is 10.2. The Morgan fingerprint density at radius 1 is 1.05 bits per heavy atom. The number of amides is 2. The summed E-state index contributed by atoms with van der Waals surface area (Å²) in [4.78, 5) is 14.0. The van der Waals surface area contributed by atoms with Crippen LogP contribution in [0.3, 0.4) is 0 Å². The molecule has 102 valence electrons. The van der Waals surface area contributed by atoms with Crippen molar-refractivity contribution in [1.29, 1.82) is 0 Å². The van der Waals surface area contributed by atoms with E-state index in [1.165, 1.54) is 0 Å². The number of benzene rings is 2. The van der Waals surface area contributed by atoms with E-state index in [1.807, 2.05) is 60.7 Å². The summed E-state index contributed by atoms with van der Waals surface area (Å²) in [6, 6.07) is 19.2. The number of hydrogen-bond donors (Lipinski definition) is 1. The summed E-state index contributed by atoms with van der Waals surface area (Å²) in [7, 11) is 0. The van der Waals surface area contributed by atoms with Crippen molar-refractivity contribution in [1.82, 2.24) is 4.90 Å². The molecule has 0 unspecified atom stereocenters. The number of nitrogens with zero attached hydrogens (tertiary/aromatic N) is 1. The predicted molar refractivity (Wildman–Crippen MR) is 82.5 cm³/mol. The average molecular weight is 266 g/mol. The fourth-order valence-corrected chi connectivity index (χ4v) is 1.90. The van der Waals surface area contributed by atoms with Crippen molar-refractivity contribution >= 4 is 11.7 Å². The first-order valence-electron chi connectivity index (χ1n) is 6.55. The Balaban J connectivity index is 2.04. The molecule has 0 spiro atoms. The van der Waals surface area contributed by atoms with E-state index >= 15 is 0 Å². The number of anilines is 1. The van der Waals surface area contributed by atoms with E-state index in [1.54, 1.807) is 11.0 Å². The Morgan fingerprint density at radius 2 is 1.65 bits per heavy atom. The molecule has 20 heavy (non-hydrogen) atoms. The zero-order valence-electron chi connectivity index (χ0n) is 11.3. The van der Waals surface area contributed by atoms with E-state index in [9.17, 15) is 4.79 Å². The fourth-order valence-electron chi connectivity index (χ4n) is 1.90. The molecule has 0 atom stereocenters. The highest BCUT2D eigenvalue weighted by Gasteiger charge is 2.12. The first-order valence-corrected chi connectivity index (χ1v) is 6.55. The molecule has 0 bridgehead atoms. The van der Waals surface area contributed by atoms with Crippen LogP contribution in [-0.4, -0.2) is 17.5 Å². The molecule has 2 aromatic rings. The highest BCUT2D eigenvalue weighted by Crippen LogP contribution is 2.09. The van der Waals surface area contributed by atoms with Crippen molar-refractivity contribution in [3.8, 4) is 0 Å². The summed E-state index contributed by atoms with van der Waals surface area (Å²) in [5.74, 6) is 0. The molecule has 2 rings (SSSR count). The van der Waals surface area contributed by atoms with Crippen molar-refractivity contribution in [2.45, 2.75) is 6.54 Å². The van der Waals surface area contributed by atoms with Gasteiger partial charge in [-0.2, -0.15) is 0 Å². The molecule has 0 heterocycles. The molecule has 0 saturated carbocycles. The Bertz CT molecular complexity index is 552. The van der Waals surface area contributed by atoms with Gasteiger partial charge < -0.3 is 10.2 Å². The van der Waals surface area contributed by atoms with Crippen LogP contribution >= 0.6 is 0 Å². The topological polar surface area (TPSA) is 32.3 Å². The molecular formula is C17H18N2O. The van der Waals surface area contributed by atoms with Gasteiger partial charge in [0.2, 0.25) is 0 Å². The van der Waals surface area contributed by atoms with Crippen LogP contribution in [0, 0.1) is 0 Å². The number of carbonyl (C=O) groups is 1. The Labute approximate surface area is 119 Å². The third-order valence-corrected chi connectivity index (χ3v) is 2.88. The van der Waals surface area contributed by atoms with Crippen LogP contribution < -0.4 is 5.32 Å². The first kappa shape index (κ1) is 13.9. The van der Waals surface area contributed by atoms with Crippen LogP contribution in [0.1, 0.15) is 5.56 Å². The third-order valence-electron chi connectivity index (χ3n) is 2.88. The maximum atomic E-state index is 12.3. The maximum Gasteiger partial charge on any atom is 0.322 e. The standard InChI is InChI=1S/C17H18N2O/c1-2-13-19(14-15-9-5-3-6-10-15)17(20)18-16-11-7-4-8-12-16/h2-12H,1,13-14H2,(H,18,20). The summed E-state index contributed by atoms with van der Waals surface area (Å²) < 4.78 is 0. The van der Waals surface area contributed by atoms with Crippen LogP contribution in [0.25, 0.3) is 0 Å². The van der Waals surface area contributed by atoms with Gasteiger partial charge in [-0.15, -0.1) is 6.58 Å². The van der Waals surface area contributed by atoms with E-state index < -0.39 is 0 Å². The summed E-state index contributed by atoms with van der Waals surface area (Å²) >= 11 is 0. The van der Waals surface area contributed by atoms with E-state index in [-0.39, 0.29) is 6.03 Å². The van der Waals surface area contributed by atoms with Gasteiger partial charge >= 0.3 is 6.03 Å². The molecule has 0 aliphatic carbocycles. The zero-order valence-corrected chi connectivity index (χ0v) is 11.3. The number of urea groups is 1. The molecule has 2 aromatic carbocycles. The molecule has 0 radical (unpaired) electrons. The minimum atomic E-state index is -0.125. The summed E-state index contributed by atoms with van der Waals surface area (Å²) in [6.45, 7) is 4.78. The number of para-hydroxylation sites is 1. The van der Waals surface area contributed by atoms with Gasteiger partial charge in [-0.1, -0.05) is 54.6 Å². The lowest BCUT2D eigenvalue weighted by Gasteiger charge is -2.21. The molecule has 2 amide bonds. The highest BCUT2D eigenvalue weighted by atomic mass is 16.2. The molecule has 0 saturated heterocycles. The SMILES string of the molecule is C=CCN(Cc1ccccc1)C(=O)Nc1ccccc1. The Kier molecular flexibility index (Phi) is 4.95. The third kappa shape index (κ3) is 3.99. The van der Waals surface area contributed by atoms with E-state index in [4.69, 9.17) is 0 Å². The van der Waals surface area contributed by atoms with E-state index in [0.717, 1.165) is 11.3 Å². The van der Waals surface area contributed by atoms with Gasteiger partial charge in [0.1, 0.15) is 0 Å². The zero-order chi connectivity index (χ0) is 14.2. The molecular weight excluding hydrogens is 248 g/mol. The molecule has 1 N–H and O–H groups in total. The predicted octanol–water partition coefficient (Wildman–Crippen LogP) is 3.91. The van der Waals surface area contributed by atoms with Crippen molar-refractivity contribution in [3.05, 3.63) is 78.9 Å². The lowest BCUT2D eigenvalue weighted by Crippen LogP contribution is -2.34. The number of carbonyl (C=O) groups excluding carboxylic acids is 1. The number of rotatable bonds is 5. The molecule has 0 aliphatic heterocycles. The van der Waals surface area contributed by atoms with E-state index in [2.05, 4.69) is 11.9 Å². The monoisotopic (exact) mass is 266 g/mol. The quantitative estimate of drug-likeness (QED) is 0.818. The minimum Gasteiger partial charge on any atom is -0.316 e. The van der Waals surface area contributed by atoms with E-state index in [0.29, 0.717) is 13.1 Å². The molecule has 0 aliphatic rings. The Morgan fingerprint density at radius 3 is 2.25 bits per heavy atom. The molecule has 0 aromatic heterocycles. The van der Waals surface area contributed by atoms with Crippen molar-refractivity contribution in [3.63, 3.8) is 0 Å². The summed E-state index contributed by atoms with van der Waals surface area (Å²) in [6.07, 6.45) is 1.73. The van der Waals surface area contributed by atoms with Crippen molar-refractivity contribution < 1.29 is 4.79 Å². The van der Waals surface area contributed by atoms with Crippen molar-refractivity contribution in [2.24, 2.45) is 0 Å². The van der Waals surface area contributed by atoms with Crippen LogP contribution in [0.4, 0.5) is 10.5 Å². The second-order valence-corrected chi connectivity index (χ2v) is 4.45. The molecule has 3 heteroatoms. The number of hydrogen-bond acceptors (Lipinski definition) is 1. The van der Waals surface area contributed by atoms with Crippen LogP contribution in [0.2, 0.25) is 0 Å². The first-order chi connectivity index (χ1) is 9.79. The minimum absolute atomic E-state index is 0.125. The lowest BCUT2D eigenvalue weighted by molar-refractivity contribution is 0.215. The van der Waals surface area contributed by atoms with Crippen molar-refractivity contribution in [2.75, 3.05) is 11.9 Å². The second-order valence-electron chi connectivity index (χ2n) is 4.45. The Hall–Kier alpha value is -2.55.